The third kappa shape index (κ3) is 3.42. The fourth-order valence-electron chi connectivity index (χ4n) is 2.02. The molecule has 1 fully saturated rings. The fourth-order valence-corrected chi connectivity index (χ4v) is 2.43. The first-order valence-corrected chi connectivity index (χ1v) is 5.84. The molecular weight excluding hydrogens is 196 g/mol. The molecule has 0 aromatic heterocycles. The summed E-state index contributed by atoms with van der Waals surface area (Å²) in [4.78, 5) is 10.7. The number of esters is 1. The van der Waals surface area contributed by atoms with Crippen LogP contribution in [0.5, 0.6) is 0 Å². The molecule has 1 saturated carbocycles. The Labute approximate surface area is 88.3 Å². The van der Waals surface area contributed by atoms with E-state index in [4.69, 9.17) is 4.74 Å². The molecule has 0 aromatic rings. The van der Waals surface area contributed by atoms with Gasteiger partial charge in [0.1, 0.15) is 6.10 Å². The maximum Gasteiger partial charge on any atom is 0.302 e. The van der Waals surface area contributed by atoms with Crippen molar-refractivity contribution in [3.05, 3.63) is 0 Å². The van der Waals surface area contributed by atoms with E-state index in [2.05, 4.69) is 10.2 Å². The number of aliphatic hydroxyl groups excluding tert-OH is 1. The summed E-state index contributed by atoms with van der Waals surface area (Å²) in [7, 11) is 3.44. The molecule has 1 aliphatic carbocycles. The molecule has 0 aliphatic heterocycles. The van der Waals surface area contributed by atoms with Crippen LogP contribution in [-0.2, 0) is 9.53 Å². The molecule has 0 heterocycles. The van der Waals surface area contributed by atoms with Crippen LogP contribution in [0.25, 0.3) is 0 Å². The Balaban J connectivity index is 2.35. The van der Waals surface area contributed by atoms with Gasteiger partial charge in [-0.25, -0.2) is 0 Å². The van der Waals surface area contributed by atoms with Gasteiger partial charge in [0.15, 0.2) is 0 Å². The van der Waals surface area contributed by atoms with E-state index in [0.29, 0.717) is 5.92 Å². The average Bonchev–Trinajstić information content (AvgIpc) is 2.10. The van der Waals surface area contributed by atoms with Gasteiger partial charge >= 0.3 is 5.97 Å². The van der Waals surface area contributed by atoms with Crippen molar-refractivity contribution in [3.8, 4) is 0 Å². The maximum absolute atomic E-state index is 10.7. The zero-order valence-electron chi connectivity index (χ0n) is 8.53. The first-order chi connectivity index (χ1) is 6.63. The molecule has 3 nitrogen and oxygen atoms in total. The standard InChI is InChI=1S/C10H17O3Si/c1-7(11)13-10-3-2-8(4-5-14)6-9(10)12/h8-10,12H,2-6H2,1H3. The minimum atomic E-state index is -0.476. The number of carbonyl (C=O) groups is 1. The highest BCUT2D eigenvalue weighted by Crippen LogP contribution is 2.29. The minimum Gasteiger partial charge on any atom is -0.460 e. The van der Waals surface area contributed by atoms with Crippen LogP contribution in [0.4, 0.5) is 0 Å². The van der Waals surface area contributed by atoms with Gasteiger partial charge in [0.2, 0.25) is 0 Å². The van der Waals surface area contributed by atoms with E-state index in [1.165, 1.54) is 6.92 Å². The molecule has 4 heteroatoms. The Kier molecular flexibility index (Phi) is 4.61. The summed E-state index contributed by atoms with van der Waals surface area (Å²) in [5.74, 6) is 0.266. The molecule has 1 rings (SSSR count). The molecule has 3 radical (unpaired) electrons. The largest absolute Gasteiger partial charge is 0.460 e. The lowest BCUT2D eigenvalue weighted by Crippen LogP contribution is -2.36. The third-order valence-electron chi connectivity index (χ3n) is 2.73. The average molecular weight is 213 g/mol. The van der Waals surface area contributed by atoms with E-state index in [0.717, 1.165) is 31.7 Å². The molecule has 14 heavy (non-hydrogen) atoms. The van der Waals surface area contributed by atoms with Crippen molar-refractivity contribution in [1.82, 2.24) is 0 Å². The summed E-state index contributed by atoms with van der Waals surface area (Å²) in [5, 5.41) is 9.72. The van der Waals surface area contributed by atoms with Gasteiger partial charge < -0.3 is 9.84 Å². The van der Waals surface area contributed by atoms with Crippen molar-refractivity contribution in [2.24, 2.45) is 5.92 Å². The Morgan fingerprint density at radius 3 is 2.79 bits per heavy atom. The second-order valence-corrected chi connectivity index (χ2v) is 4.43. The molecular formula is C10H17O3Si. The van der Waals surface area contributed by atoms with Crippen LogP contribution < -0.4 is 0 Å². The molecule has 1 aliphatic rings. The van der Waals surface area contributed by atoms with Gasteiger partial charge in [-0.3, -0.25) is 4.79 Å². The fraction of sp³-hybridized carbons (Fsp3) is 0.900. The minimum absolute atomic E-state index is 0.279. The number of hydrogen-bond acceptors (Lipinski definition) is 3. The van der Waals surface area contributed by atoms with Crippen LogP contribution in [0.15, 0.2) is 0 Å². The van der Waals surface area contributed by atoms with Crippen LogP contribution in [0.2, 0.25) is 6.04 Å². The molecule has 0 aromatic carbocycles. The number of aliphatic hydroxyl groups is 1. The summed E-state index contributed by atoms with van der Waals surface area (Å²) in [6.07, 6.45) is 2.91. The summed E-state index contributed by atoms with van der Waals surface area (Å²) in [5.41, 5.74) is 0. The molecule has 0 amide bonds. The van der Waals surface area contributed by atoms with Crippen molar-refractivity contribution in [2.45, 2.75) is 50.9 Å². The van der Waals surface area contributed by atoms with Gasteiger partial charge in [-0.2, -0.15) is 0 Å². The Bertz CT molecular complexity index is 196. The predicted molar refractivity (Wildman–Crippen MR) is 54.1 cm³/mol. The van der Waals surface area contributed by atoms with Gasteiger partial charge in [-0.05, 0) is 25.2 Å². The van der Waals surface area contributed by atoms with E-state index in [1.807, 2.05) is 0 Å². The number of rotatable bonds is 3. The van der Waals surface area contributed by atoms with Crippen molar-refractivity contribution in [2.75, 3.05) is 0 Å². The summed E-state index contributed by atoms with van der Waals surface area (Å²) in [6, 6.07) is 0.968. The lowest BCUT2D eigenvalue weighted by molar-refractivity contribution is -0.156. The number of ether oxygens (including phenoxy) is 1. The second-order valence-electron chi connectivity index (χ2n) is 3.93. The van der Waals surface area contributed by atoms with Crippen molar-refractivity contribution in [1.29, 1.82) is 0 Å². The normalized spacial score (nSPS) is 32.6. The van der Waals surface area contributed by atoms with E-state index in [1.54, 1.807) is 0 Å². The molecule has 3 unspecified atom stereocenters. The van der Waals surface area contributed by atoms with Crippen molar-refractivity contribution in [3.63, 3.8) is 0 Å². The monoisotopic (exact) mass is 213 g/mol. The van der Waals surface area contributed by atoms with Gasteiger partial charge in [0, 0.05) is 17.2 Å². The Morgan fingerprint density at radius 1 is 1.57 bits per heavy atom. The van der Waals surface area contributed by atoms with Gasteiger partial charge in [0.05, 0.1) is 6.10 Å². The molecule has 1 N–H and O–H groups in total. The molecule has 3 atom stereocenters. The Morgan fingerprint density at radius 2 is 2.29 bits per heavy atom. The lowest BCUT2D eigenvalue weighted by atomic mass is 9.84. The van der Waals surface area contributed by atoms with Crippen molar-refractivity contribution >= 4 is 16.2 Å². The van der Waals surface area contributed by atoms with E-state index < -0.39 is 6.10 Å². The maximum atomic E-state index is 10.7. The summed E-state index contributed by atoms with van der Waals surface area (Å²) < 4.78 is 5.03. The molecule has 79 valence electrons. The predicted octanol–water partition coefficient (Wildman–Crippen LogP) is 1.06. The summed E-state index contributed by atoms with van der Waals surface area (Å²) >= 11 is 0. The zero-order chi connectivity index (χ0) is 10.6. The number of carbonyl (C=O) groups excluding carboxylic acids is 1. The SMILES string of the molecule is CC(=O)OC1CCC(CC[Si])CC1O. The first kappa shape index (κ1) is 11.7. The smallest absolute Gasteiger partial charge is 0.302 e. The van der Waals surface area contributed by atoms with Crippen LogP contribution in [0, 0.1) is 5.92 Å². The quantitative estimate of drug-likeness (QED) is 0.563. The number of hydrogen-bond donors (Lipinski definition) is 1. The molecule has 0 bridgehead atoms. The highest BCUT2D eigenvalue weighted by Gasteiger charge is 2.30. The van der Waals surface area contributed by atoms with E-state index >= 15 is 0 Å². The molecule has 0 saturated heterocycles. The van der Waals surface area contributed by atoms with Gasteiger partial charge in [-0.15, -0.1) is 0 Å². The Hall–Kier alpha value is -0.353. The van der Waals surface area contributed by atoms with Crippen LogP contribution >= 0.6 is 0 Å². The van der Waals surface area contributed by atoms with E-state index in [-0.39, 0.29) is 12.1 Å². The van der Waals surface area contributed by atoms with E-state index in [9.17, 15) is 9.90 Å². The molecule has 0 spiro atoms. The zero-order valence-corrected chi connectivity index (χ0v) is 9.53. The van der Waals surface area contributed by atoms with Gasteiger partial charge in [0.25, 0.3) is 0 Å². The van der Waals surface area contributed by atoms with Gasteiger partial charge in [-0.1, -0.05) is 12.5 Å². The van der Waals surface area contributed by atoms with Crippen LogP contribution in [0.1, 0.15) is 32.6 Å². The van der Waals surface area contributed by atoms with Crippen LogP contribution in [-0.4, -0.2) is 33.5 Å². The highest BCUT2D eigenvalue weighted by molar-refractivity contribution is 6.08. The third-order valence-corrected chi connectivity index (χ3v) is 3.02. The first-order valence-electron chi connectivity index (χ1n) is 5.13. The highest BCUT2D eigenvalue weighted by atomic mass is 28.1. The topological polar surface area (TPSA) is 46.5 Å². The lowest BCUT2D eigenvalue weighted by Gasteiger charge is -2.32. The second kappa shape index (κ2) is 5.51. The van der Waals surface area contributed by atoms with Crippen molar-refractivity contribution < 1.29 is 14.6 Å². The van der Waals surface area contributed by atoms with Crippen LogP contribution in [0.3, 0.4) is 0 Å². The summed E-state index contributed by atoms with van der Waals surface area (Å²) in [6.45, 7) is 1.39.